The summed E-state index contributed by atoms with van der Waals surface area (Å²) in [6, 6.07) is 8.33. The van der Waals surface area contributed by atoms with Crippen molar-refractivity contribution >= 4 is 80.1 Å². The minimum atomic E-state index is -4.33. The number of rotatable bonds is 12. The van der Waals surface area contributed by atoms with Crippen molar-refractivity contribution in [1.82, 2.24) is 15.3 Å². The van der Waals surface area contributed by atoms with Crippen LogP contribution in [0.2, 0.25) is 0 Å². The lowest BCUT2D eigenvalue weighted by atomic mass is 9.52. The Morgan fingerprint density at radius 1 is 1.07 bits per heavy atom. The molecular formula is C27H27B6F3N6O3S. The Balaban J connectivity index is 1.40. The number of nitrogens with two attached hydrogens (primary N) is 2. The lowest BCUT2D eigenvalue weighted by Gasteiger charge is -2.28. The zero-order valence-corrected chi connectivity index (χ0v) is 25.7. The number of likely N-dealkylation sites (N-methyl/N-ethyl adjacent to an activating group) is 1. The number of hydrogen-bond acceptors (Lipinski definition) is 10. The van der Waals surface area contributed by atoms with Gasteiger partial charge in [0.05, 0.1) is 24.0 Å². The number of fused-ring (bicyclic) bond motifs is 1. The summed E-state index contributed by atoms with van der Waals surface area (Å²) in [5.74, 6) is -0.250. The molecule has 4 rings (SSSR count). The van der Waals surface area contributed by atoms with Crippen LogP contribution in [0.5, 0.6) is 0 Å². The van der Waals surface area contributed by atoms with E-state index in [1.54, 1.807) is 19.2 Å². The van der Waals surface area contributed by atoms with Gasteiger partial charge in [0, 0.05) is 36.3 Å². The van der Waals surface area contributed by atoms with E-state index in [2.05, 4.69) is 15.3 Å². The summed E-state index contributed by atoms with van der Waals surface area (Å²) in [4.78, 5) is 10.9. The maximum atomic E-state index is 13.0. The molecule has 9 nitrogen and oxygen atoms in total. The molecule has 46 heavy (non-hydrogen) atoms. The van der Waals surface area contributed by atoms with E-state index in [0.717, 1.165) is 16.9 Å². The predicted molar refractivity (Wildman–Crippen MR) is 177 cm³/mol. The third-order valence-electron chi connectivity index (χ3n) is 7.05. The van der Waals surface area contributed by atoms with Gasteiger partial charge in [0.15, 0.2) is 5.76 Å². The van der Waals surface area contributed by atoms with Gasteiger partial charge in [-0.15, -0.1) is 11.3 Å². The molecule has 12 radical (unpaired) electrons. The SMILES string of the molecule is [B]C([B])([B])O/C(N)=C(/C=C(\N)c1ccc(CN[C@H]2C[C@@H](O)[C@@H](N(C)c3ncnc4sc(CC(F)(F)F)cc34)C2)cc1)OC([B])([B])[B]. The summed E-state index contributed by atoms with van der Waals surface area (Å²) < 4.78 is 49.1. The van der Waals surface area contributed by atoms with Crippen LogP contribution in [0.15, 0.2) is 54.4 Å². The zero-order chi connectivity index (χ0) is 34.0. The predicted octanol–water partition coefficient (Wildman–Crippen LogP) is 0.608. The molecule has 6 N–H and O–H groups in total. The topological polar surface area (TPSA) is 132 Å². The van der Waals surface area contributed by atoms with Crippen LogP contribution < -0.4 is 21.7 Å². The zero-order valence-electron chi connectivity index (χ0n) is 24.9. The standard InChI is InChI=1S/C27H27B6F3N6O3S/c1-42(23-17-8-16(10-25(34,35)36)46-24(17)41-12-40-23)19-6-15(7-20(19)43)39-11-13-2-4-14(5-3-13)18(37)9-21(44-26(28,29)30)22(38)45-27(31,32)33/h2-5,8-9,12,15,19-20,39,43H,6-7,10-11,37-38H2,1H3/b18-9-,22-21-/t15-,19+,20-/m1/s1. The minimum Gasteiger partial charge on any atom is -0.511 e. The molecular weight excluding hydrogens is 610 g/mol. The number of ether oxygens (including phenoxy) is 2. The highest BCUT2D eigenvalue weighted by Gasteiger charge is 2.37. The Labute approximate surface area is 277 Å². The molecule has 0 aliphatic heterocycles. The highest BCUT2D eigenvalue weighted by Crippen LogP contribution is 2.36. The monoisotopic (exact) mass is 638 g/mol. The van der Waals surface area contributed by atoms with Crippen molar-refractivity contribution in [3.63, 3.8) is 0 Å². The highest BCUT2D eigenvalue weighted by molar-refractivity contribution is 7.18. The molecule has 2 aromatic heterocycles. The van der Waals surface area contributed by atoms with Gasteiger partial charge in [0.1, 0.15) is 64.1 Å². The Kier molecular flexibility index (Phi) is 10.8. The van der Waals surface area contributed by atoms with E-state index in [9.17, 15) is 18.3 Å². The van der Waals surface area contributed by atoms with Crippen molar-refractivity contribution in [2.75, 3.05) is 11.9 Å². The third-order valence-corrected chi connectivity index (χ3v) is 8.09. The average Bonchev–Trinajstić information content (AvgIpc) is 3.50. The fraction of sp³-hybridized carbons (Fsp3) is 0.407. The van der Waals surface area contributed by atoms with Gasteiger partial charge < -0.3 is 36.3 Å². The molecule has 0 unspecified atom stereocenters. The van der Waals surface area contributed by atoms with Gasteiger partial charge in [-0.3, -0.25) is 0 Å². The molecule has 0 bridgehead atoms. The van der Waals surface area contributed by atoms with Gasteiger partial charge in [0.2, 0.25) is 5.88 Å². The molecule has 0 spiro atoms. The summed E-state index contributed by atoms with van der Waals surface area (Å²) in [7, 11) is 34.6. The number of aliphatic hydroxyl groups excluding tert-OH is 1. The van der Waals surface area contributed by atoms with Crippen molar-refractivity contribution in [2.24, 2.45) is 11.5 Å². The van der Waals surface area contributed by atoms with E-state index in [0.29, 0.717) is 41.0 Å². The number of aromatic nitrogens is 2. The Morgan fingerprint density at radius 3 is 2.33 bits per heavy atom. The minimum absolute atomic E-state index is 0.0377. The first-order chi connectivity index (χ1) is 21.3. The van der Waals surface area contributed by atoms with Crippen molar-refractivity contribution in [2.45, 2.75) is 60.8 Å². The van der Waals surface area contributed by atoms with E-state index in [4.69, 9.17) is 68.0 Å². The van der Waals surface area contributed by atoms with E-state index in [1.807, 2.05) is 17.0 Å². The van der Waals surface area contributed by atoms with Crippen LogP contribution >= 0.6 is 11.3 Å². The second-order valence-corrected chi connectivity index (χ2v) is 12.3. The summed E-state index contributed by atoms with van der Waals surface area (Å²) in [5, 5.41) is 10.6. The number of anilines is 1. The van der Waals surface area contributed by atoms with E-state index < -0.39 is 35.2 Å². The molecule has 3 atom stereocenters. The fourth-order valence-corrected chi connectivity index (χ4v) is 6.10. The van der Waals surface area contributed by atoms with Crippen molar-refractivity contribution in [1.29, 1.82) is 0 Å². The van der Waals surface area contributed by atoms with Gasteiger partial charge in [-0.1, -0.05) is 24.3 Å². The Morgan fingerprint density at radius 2 is 1.72 bits per heavy atom. The third kappa shape index (κ3) is 9.92. The molecule has 1 aliphatic carbocycles. The van der Waals surface area contributed by atoms with Gasteiger partial charge >= 0.3 is 6.18 Å². The van der Waals surface area contributed by atoms with E-state index in [1.165, 1.54) is 18.5 Å². The normalized spacial score (nSPS) is 20.0. The first kappa shape index (κ1) is 35.7. The van der Waals surface area contributed by atoms with Crippen LogP contribution in [-0.4, -0.2) is 104 Å². The van der Waals surface area contributed by atoms with Crippen LogP contribution in [0.4, 0.5) is 19.0 Å². The summed E-state index contributed by atoms with van der Waals surface area (Å²) in [5.41, 5.74) is 13.7. The fourth-order valence-electron chi connectivity index (χ4n) is 5.08. The number of halogens is 3. The number of nitrogens with zero attached hydrogens (tertiary/aromatic N) is 3. The molecule has 1 aliphatic rings. The smallest absolute Gasteiger partial charge is 0.393 e. The number of benzene rings is 1. The van der Waals surface area contributed by atoms with Crippen LogP contribution in [0.3, 0.4) is 0 Å². The van der Waals surface area contributed by atoms with Crippen molar-refractivity contribution < 1.29 is 27.8 Å². The van der Waals surface area contributed by atoms with E-state index in [-0.39, 0.29) is 28.4 Å². The highest BCUT2D eigenvalue weighted by atomic mass is 32.1. The Hall–Kier alpha value is -3.16. The Bertz CT molecular complexity index is 1580. The molecule has 1 aromatic carbocycles. The maximum Gasteiger partial charge on any atom is 0.393 e. The second kappa shape index (κ2) is 13.9. The quantitative estimate of drug-likeness (QED) is 0.128. The average molecular weight is 637 g/mol. The molecule has 1 fully saturated rings. The van der Waals surface area contributed by atoms with Crippen molar-refractivity contribution in [3.8, 4) is 0 Å². The molecule has 0 amide bonds. The van der Waals surface area contributed by atoms with Gasteiger partial charge in [-0.05, 0) is 40.6 Å². The maximum absolute atomic E-state index is 13.0. The number of nitrogens with one attached hydrogen (secondary N) is 1. The summed E-state index contributed by atoms with van der Waals surface area (Å²) in [6.07, 6.45) is -2.41. The van der Waals surface area contributed by atoms with Crippen LogP contribution in [0.25, 0.3) is 15.9 Å². The number of alkyl halides is 3. The van der Waals surface area contributed by atoms with Crippen LogP contribution in [-0.2, 0) is 22.4 Å². The lowest BCUT2D eigenvalue weighted by molar-refractivity contribution is -0.126. The molecule has 0 saturated heterocycles. The second-order valence-electron chi connectivity index (χ2n) is 11.2. The van der Waals surface area contributed by atoms with Crippen LogP contribution in [0.1, 0.15) is 28.8 Å². The number of hydrogen-bond donors (Lipinski definition) is 4. The largest absolute Gasteiger partial charge is 0.511 e. The molecule has 1 saturated carbocycles. The number of aliphatic hydroxyl groups is 1. The summed E-state index contributed by atoms with van der Waals surface area (Å²) >= 11 is 0.983. The van der Waals surface area contributed by atoms with Crippen LogP contribution in [0, 0.1) is 0 Å². The number of thiophene rings is 1. The molecule has 2 heterocycles. The first-order valence-corrected chi connectivity index (χ1v) is 14.7. The number of allylic oxidation sites excluding steroid dienone is 1. The molecule has 3 aromatic rings. The molecule has 228 valence electrons. The first-order valence-electron chi connectivity index (χ1n) is 13.9. The summed E-state index contributed by atoms with van der Waals surface area (Å²) in [6.45, 7) is 0.484. The van der Waals surface area contributed by atoms with Gasteiger partial charge in [0.25, 0.3) is 0 Å². The molecule has 19 heteroatoms. The van der Waals surface area contributed by atoms with E-state index >= 15 is 0 Å². The van der Waals surface area contributed by atoms with Gasteiger partial charge in [-0.2, -0.15) is 13.2 Å². The van der Waals surface area contributed by atoms with Crippen molar-refractivity contribution in [3.05, 3.63) is 70.4 Å². The lowest BCUT2D eigenvalue weighted by Crippen LogP contribution is -2.38. The van der Waals surface area contributed by atoms with Gasteiger partial charge in [-0.25, -0.2) is 9.97 Å².